The Morgan fingerprint density at radius 2 is 2.05 bits per heavy atom. The van der Waals surface area contributed by atoms with Crippen LogP contribution in [0.15, 0.2) is 0 Å². The van der Waals surface area contributed by atoms with E-state index in [1.807, 2.05) is 4.68 Å². The summed E-state index contributed by atoms with van der Waals surface area (Å²) in [6.07, 6.45) is 6.64. The summed E-state index contributed by atoms with van der Waals surface area (Å²) < 4.78 is 1.98. The van der Waals surface area contributed by atoms with Gasteiger partial charge in [0.2, 0.25) is 0 Å². The molecule has 1 aromatic rings. The normalized spacial score (nSPS) is 27.2. The quantitative estimate of drug-likeness (QED) is 0.908. The molecule has 20 heavy (non-hydrogen) atoms. The highest BCUT2D eigenvalue weighted by atomic mass is 16.3. The lowest BCUT2D eigenvalue weighted by atomic mass is 10.1. The van der Waals surface area contributed by atoms with Gasteiger partial charge in [-0.3, -0.25) is 4.90 Å². The van der Waals surface area contributed by atoms with Crippen LogP contribution in [-0.2, 0) is 12.8 Å². The molecule has 1 saturated heterocycles. The van der Waals surface area contributed by atoms with E-state index in [0.29, 0.717) is 12.1 Å². The van der Waals surface area contributed by atoms with Crippen LogP contribution in [0.2, 0.25) is 0 Å². The first kappa shape index (κ1) is 14.0. The van der Waals surface area contributed by atoms with Gasteiger partial charge in [0.1, 0.15) is 5.82 Å². The molecule has 2 unspecified atom stereocenters. The van der Waals surface area contributed by atoms with Crippen LogP contribution in [0.1, 0.15) is 57.2 Å². The lowest BCUT2D eigenvalue weighted by Gasteiger charge is -2.27. The zero-order valence-corrected chi connectivity index (χ0v) is 12.6. The van der Waals surface area contributed by atoms with Crippen molar-refractivity contribution in [2.24, 2.45) is 0 Å². The first-order valence-corrected chi connectivity index (χ1v) is 8.00. The summed E-state index contributed by atoms with van der Waals surface area (Å²) in [6.45, 7) is 5.92. The van der Waals surface area contributed by atoms with Crippen LogP contribution in [0.25, 0.3) is 0 Å². The molecule has 0 aromatic carbocycles. The minimum absolute atomic E-state index is 0.143. The highest BCUT2D eigenvalue weighted by Gasteiger charge is 2.29. The van der Waals surface area contributed by atoms with E-state index in [2.05, 4.69) is 23.8 Å². The second-order valence-corrected chi connectivity index (χ2v) is 6.45. The molecule has 2 aliphatic rings. The lowest BCUT2D eigenvalue weighted by Crippen LogP contribution is -2.37. The molecule has 5 heteroatoms. The number of aromatic nitrogens is 3. The fraction of sp³-hybridized carbons (Fsp3) is 0.867. The van der Waals surface area contributed by atoms with E-state index in [1.165, 1.54) is 19.4 Å². The van der Waals surface area contributed by atoms with E-state index in [-0.39, 0.29) is 12.6 Å². The average Bonchev–Trinajstić information content (AvgIpc) is 3.04. The summed E-state index contributed by atoms with van der Waals surface area (Å²) in [4.78, 5) is 7.29. The second-order valence-electron chi connectivity index (χ2n) is 6.45. The van der Waals surface area contributed by atoms with Crippen LogP contribution >= 0.6 is 0 Å². The van der Waals surface area contributed by atoms with Crippen molar-refractivity contribution >= 4 is 0 Å². The number of aliphatic hydroxyl groups is 1. The van der Waals surface area contributed by atoms with Gasteiger partial charge in [0.25, 0.3) is 0 Å². The number of aliphatic hydroxyl groups excluding tert-OH is 1. The first-order valence-electron chi connectivity index (χ1n) is 8.00. The zero-order chi connectivity index (χ0) is 14.1. The molecule has 5 nitrogen and oxygen atoms in total. The molecule has 0 spiro atoms. The minimum Gasteiger partial charge on any atom is -0.394 e. The van der Waals surface area contributed by atoms with Crippen molar-refractivity contribution in [2.45, 2.75) is 70.5 Å². The highest BCUT2D eigenvalue weighted by Crippen LogP contribution is 2.25. The SMILES string of the molecule is CC(C)N1CCCC1Cc1nc2n(n1)C(CO)CCC2. The van der Waals surface area contributed by atoms with Gasteiger partial charge in [-0.1, -0.05) is 0 Å². The second kappa shape index (κ2) is 5.82. The zero-order valence-electron chi connectivity index (χ0n) is 12.6. The molecule has 0 aliphatic carbocycles. The molecular formula is C15H26N4O. The molecule has 2 aliphatic heterocycles. The molecule has 0 saturated carbocycles. The van der Waals surface area contributed by atoms with E-state index in [0.717, 1.165) is 37.3 Å². The van der Waals surface area contributed by atoms with Gasteiger partial charge < -0.3 is 5.11 Å². The summed E-state index contributed by atoms with van der Waals surface area (Å²) >= 11 is 0. The smallest absolute Gasteiger partial charge is 0.152 e. The summed E-state index contributed by atoms with van der Waals surface area (Å²) in [5.74, 6) is 2.04. The molecule has 112 valence electrons. The number of hydrogen-bond donors (Lipinski definition) is 1. The van der Waals surface area contributed by atoms with Crippen molar-refractivity contribution in [3.63, 3.8) is 0 Å². The van der Waals surface area contributed by atoms with E-state index >= 15 is 0 Å². The molecule has 1 fully saturated rings. The number of nitrogens with zero attached hydrogens (tertiary/aromatic N) is 4. The third kappa shape index (κ3) is 2.61. The Balaban J connectivity index is 1.74. The predicted molar refractivity (Wildman–Crippen MR) is 77.7 cm³/mol. The van der Waals surface area contributed by atoms with E-state index in [4.69, 9.17) is 4.98 Å². The fourth-order valence-electron chi connectivity index (χ4n) is 3.71. The monoisotopic (exact) mass is 278 g/mol. The van der Waals surface area contributed by atoms with Crippen LogP contribution in [0.5, 0.6) is 0 Å². The highest BCUT2D eigenvalue weighted by molar-refractivity contribution is 5.01. The van der Waals surface area contributed by atoms with Crippen molar-refractivity contribution in [2.75, 3.05) is 13.2 Å². The predicted octanol–water partition coefficient (Wildman–Crippen LogP) is 1.56. The minimum atomic E-state index is 0.143. The maximum Gasteiger partial charge on any atom is 0.152 e. The van der Waals surface area contributed by atoms with Crippen LogP contribution in [0.3, 0.4) is 0 Å². The third-order valence-corrected chi connectivity index (χ3v) is 4.74. The third-order valence-electron chi connectivity index (χ3n) is 4.74. The van der Waals surface area contributed by atoms with Gasteiger partial charge >= 0.3 is 0 Å². The molecule has 3 rings (SSSR count). The summed E-state index contributed by atoms with van der Waals surface area (Å²) in [6, 6.07) is 1.33. The van der Waals surface area contributed by atoms with Crippen molar-refractivity contribution in [3.8, 4) is 0 Å². The van der Waals surface area contributed by atoms with Gasteiger partial charge in [-0.25, -0.2) is 9.67 Å². The largest absolute Gasteiger partial charge is 0.394 e. The number of rotatable bonds is 4. The molecule has 2 atom stereocenters. The van der Waals surface area contributed by atoms with Crippen molar-refractivity contribution in [3.05, 3.63) is 11.6 Å². The Bertz CT molecular complexity index is 457. The molecule has 0 amide bonds. The van der Waals surface area contributed by atoms with Crippen LogP contribution in [0.4, 0.5) is 0 Å². The first-order chi connectivity index (χ1) is 9.69. The Labute approximate surface area is 121 Å². The summed E-state index contributed by atoms with van der Waals surface area (Å²) in [5.41, 5.74) is 0. The van der Waals surface area contributed by atoms with E-state index < -0.39 is 0 Å². The fourth-order valence-corrected chi connectivity index (χ4v) is 3.71. The lowest BCUT2D eigenvalue weighted by molar-refractivity contribution is 0.192. The van der Waals surface area contributed by atoms with E-state index in [9.17, 15) is 5.11 Å². The number of aryl methyl sites for hydroxylation is 1. The van der Waals surface area contributed by atoms with Gasteiger partial charge in [-0.2, -0.15) is 5.10 Å². The van der Waals surface area contributed by atoms with Gasteiger partial charge in [-0.05, 0) is 46.1 Å². The van der Waals surface area contributed by atoms with Crippen LogP contribution in [-0.4, -0.2) is 50.0 Å². The molecule has 1 aromatic heterocycles. The molecule has 1 N–H and O–H groups in total. The van der Waals surface area contributed by atoms with Gasteiger partial charge in [0.15, 0.2) is 5.82 Å². The van der Waals surface area contributed by atoms with Gasteiger partial charge in [-0.15, -0.1) is 0 Å². The molecule has 3 heterocycles. The van der Waals surface area contributed by atoms with Crippen molar-refractivity contribution in [1.82, 2.24) is 19.7 Å². The maximum absolute atomic E-state index is 9.45. The Morgan fingerprint density at radius 1 is 1.25 bits per heavy atom. The number of hydrogen-bond acceptors (Lipinski definition) is 4. The molecule has 0 bridgehead atoms. The van der Waals surface area contributed by atoms with Crippen LogP contribution in [0, 0.1) is 0 Å². The molecule has 0 radical (unpaired) electrons. The number of likely N-dealkylation sites (tertiary alicyclic amines) is 1. The summed E-state index contributed by atoms with van der Waals surface area (Å²) in [5, 5.41) is 14.1. The maximum atomic E-state index is 9.45. The topological polar surface area (TPSA) is 54.2 Å². The van der Waals surface area contributed by atoms with Crippen molar-refractivity contribution < 1.29 is 5.11 Å². The number of fused-ring (bicyclic) bond motifs is 1. The van der Waals surface area contributed by atoms with Gasteiger partial charge in [0, 0.05) is 24.9 Å². The average molecular weight is 278 g/mol. The van der Waals surface area contributed by atoms with Crippen LogP contribution < -0.4 is 0 Å². The Hall–Kier alpha value is -0.940. The van der Waals surface area contributed by atoms with E-state index in [1.54, 1.807) is 0 Å². The Kier molecular flexibility index (Phi) is 4.08. The summed E-state index contributed by atoms with van der Waals surface area (Å²) in [7, 11) is 0. The Morgan fingerprint density at radius 3 is 2.80 bits per heavy atom. The van der Waals surface area contributed by atoms with Crippen molar-refractivity contribution in [1.29, 1.82) is 0 Å². The molecular weight excluding hydrogens is 252 g/mol. The standard InChI is InChI=1S/C15H26N4O/c1-11(2)18-8-4-6-12(18)9-14-16-15-7-3-5-13(10-20)19(15)17-14/h11-13,20H,3-10H2,1-2H3. The van der Waals surface area contributed by atoms with Gasteiger partial charge in [0.05, 0.1) is 12.6 Å².